The third-order valence-electron chi connectivity index (χ3n) is 4.67. The molecule has 2 aromatic rings. The molecule has 33 heavy (non-hydrogen) atoms. The predicted octanol–water partition coefficient (Wildman–Crippen LogP) is 5.46. The lowest BCUT2D eigenvalue weighted by molar-refractivity contribution is -0.127. The summed E-state index contributed by atoms with van der Waals surface area (Å²) in [7, 11) is 0. The van der Waals surface area contributed by atoms with Crippen LogP contribution in [-0.4, -0.2) is 41.7 Å². The number of carbonyl (C=O) groups excluding carboxylic acids is 3. The SMILES string of the molecule is CCCOc1c(I)cc(/C=C2\SC(=O)N(CC(=O)Nc3ccccc3C)C2=O)cc1OCC. The molecule has 1 N–H and O–H groups in total. The van der Waals surface area contributed by atoms with Gasteiger partial charge in [-0.2, -0.15) is 0 Å². The topological polar surface area (TPSA) is 84.9 Å². The van der Waals surface area contributed by atoms with E-state index in [-0.39, 0.29) is 11.4 Å². The number of hydrogen-bond acceptors (Lipinski definition) is 6. The molecule has 1 heterocycles. The van der Waals surface area contributed by atoms with Gasteiger partial charge in [0.1, 0.15) is 6.54 Å². The van der Waals surface area contributed by atoms with Crippen LogP contribution in [0.15, 0.2) is 41.3 Å². The van der Waals surface area contributed by atoms with Crippen molar-refractivity contribution in [2.75, 3.05) is 25.1 Å². The number of nitrogens with zero attached hydrogens (tertiary/aromatic N) is 1. The Labute approximate surface area is 211 Å². The number of thioether (sulfide) groups is 1. The van der Waals surface area contributed by atoms with E-state index in [9.17, 15) is 14.4 Å². The number of imide groups is 1. The zero-order valence-electron chi connectivity index (χ0n) is 18.6. The van der Waals surface area contributed by atoms with E-state index in [1.165, 1.54) is 0 Å². The van der Waals surface area contributed by atoms with Crippen molar-refractivity contribution in [2.24, 2.45) is 0 Å². The summed E-state index contributed by atoms with van der Waals surface area (Å²) in [6.45, 7) is 6.47. The quantitative estimate of drug-likeness (QED) is 0.313. The third-order valence-corrected chi connectivity index (χ3v) is 6.38. The minimum atomic E-state index is -0.496. The van der Waals surface area contributed by atoms with Crippen LogP contribution in [0.1, 0.15) is 31.4 Å². The highest BCUT2D eigenvalue weighted by atomic mass is 127. The molecule has 0 bridgehead atoms. The molecule has 174 valence electrons. The molecule has 0 aliphatic carbocycles. The zero-order valence-corrected chi connectivity index (χ0v) is 21.6. The van der Waals surface area contributed by atoms with E-state index in [4.69, 9.17) is 9.47 Å². The first kappa shape index (κ1) is 25.1. The van der Waals surface area contributed by atoms with Crippen molar-refractivity contribution < 1.29 is 23.9 Å². The number of rotatable bonds is 9. The first-order valence-electron chi connectivity index (χ1n) is 10.5. The Bertz CT molecular complexity index is 1100. The first-order chi connectivity index (χ1) is 15.8. The summed E-state index contributed by atoms with van der Waals surface area (Å²) >= 11 is 2.98. The van der Waals surface area contributed by atoms with E-state index in [0.29, 0.717) is 36.0 Å². The van der Waals surface area contributed by atoms with Gasteiger partial charge in [0, 0.05) is 5.69 Å². The standard InChI is InChI=1S/C24H25IN2O5S/c1-4-10-32-22-17(25)11-16(12-19(22)31-5-2)13-20-23(29)27(24(30)33-20)14-21(28)26-18-9-7-6-8-15(18)3/h6-9,11-13H,4-5,10,14H2,1-3H3,(H,26,28)/b20-13-. The molecule has 1 saturated heterocycles. The second kappa shape index (κ2) is 11.6. The van der Waals surface area contributed by atoms with Gasteiger partial charge in [-0.15, -0.1) is 0 Å². The normalized spacial score (nSPS) is 14.7. The van der Waals surface area contributed by atoms with Crippen LogP contribution in [0.25, 0.3) is 6.08 Å². The van der Waals surface area contributed by atoms with Crippen molar-refractivity contribution in [2.45, 2.75) is 27.2 Å². The van der Waals surface area contributed by atoms with Gasteiger partial charge < -0.3 is 14.8 Å². The summed E-state index contributed by atoms with van der Waals surface area (Å²) in [6.07, 6.45) is 2.51. The van der Waals surface area contributed by atoms with Crippen LogP contribution < -0.4 is 14.8 Å². The number of halogens is 1. The van der Waals surface area contributed by atoms with Gasteiger partial charge in [0.15, 0.2) is 11.5 Å². The third kappa shape index (κ3) is 6.29. The van der Waals surface area contributed by atoms with E-state index in [1.54, 1.807) is 18.2 Å². The average molecular weight is 580 g/mol. The molecule has 3 amide bonds. The van der Waals surface area contributed by atoms with Gasteiger partial charge in [0.25, 0.3) is 11.1 Å². The number of carbonyl (C=O) groups is 3. The molecule has 9 heteroatoms. The molecule has 0 radical (unpaired) electrons. The monoisotopic (exact) mass is 580 g/mol. The number of nitrogens with one attached hydrogen (secondary N) is 1. The number of aryl methyl sites for hydroxylation is 1. The fraction of sp³-hybridized carbons (Fsp3) is 0.292. The predicted molar refractivity (Wildman–Crippen MR) is 139 cm³/mol. The Balaban J connectivity index is 1.77. The largest absolute Gasteiger partial charge is 0.490 e. The minimum Gasteiger partial charge on any atom is -0.490 e. The number of hydrogen-bond donors (Lipinski definition) is 1. The minimum absolute atomic E-state index is 0.254. The summed E-state index contributed by atoms with van der Waals surface area (Å²) < 4.78 is 12.4. The van der Waals surface area contributed by atoms with Gasteiger partial charge in [-0.3, -0.25) is 19.3 Å². The molecule has 0 aromatic heterocycles. The second-order valence-electron chi connectivity index (χ2n) is 7.24. The summed E-state index contributed by atoms with van der Waals surface area (Å²) in [4.78, 5) is 39.0. The number of ether oxygens (including phenoxy) is 2. The fourth-order valence-corrected chi connectivity index (χ4v) is 4.73. The zero-order chi connectivity index (χ0) is 24.0. The van der Waals surface area contributed by atoms with Gasteiger partial charge in [0.2, 0.25) is 5.91 Å². The maximum absolute atomic E-state index is 12.9. The Morgan fingerprint density at radius 2 is 1.94 bits per heavy atom. The average Bonchev–Trinajstić information content (AvgIpc) is 3.02. The van der Waals surface area contributed by atoms with E-state index in [0.717, 1.165) is 32.2 Å². The second-order valence-corrected chi connectivity index (χ2v) is 9.40. The molecular weight excluding hydrogens is 555 g/mol. The number of anilines is 1. The molecule has 0 unspecified atom stereocenters. The highest BCUT2D eigenvalue weighted by molar-refractivity contribution is 14.1. The molecular formula is C24H25IN2O5S. The molecule has 1 aliphatic heterocycles. The molecule has 2 aromatic carbocycles. The Hall–Kier alpha value is -2.53. The number of benzene rings is 2. The Morgan fingerprint density at radius 3 is 2.64 bits per heavy atom. The molecule has 0 atom stereocenters. The highest BCUT2D eigenvalue weighted by Crippen LogP contribution is 2.37. The smallest absolute Gasteiger partial charge is 0.294 e. The van der Waals surface area contributed by atoms with Crippen molar-refractivity contribution in [3.05, 3.63) is 56.0 Å². The first-order valence-corrected chi connectivity index (χ1v) is 12.4. The van der Waals surface area contributed by atoms with Crippen LogP contribution in [0.3, 0.4) is 0 Å². The maximum atomic E-state index is 12.9. The lowest BCUT2D eigenvalue weighted by Gasteiger charge is -2.14. The van der Waals surface area contributed by atoms with E-state index in [2.05, 4.69) is 27.9 Å². The number of para-hydroxylation sites is 1. The lowest BCUT2D eigenvalue weighted by atomic mass is 10.2. The van der Waals surface area contributed by atoms with E-state index < -0.39 is 17.1 Å². The van der Waals surface area contributed by atoms with Crippen LogP contribution in [-0.2, 0) is 9.59 Å². The van der Waals surface area contributed by atoms with Gasteiger partial charge in [-0.25, -0.2) is 0 Å². The summed E-state index contributed by atoms with van der Waals surface area (Å²) in [5.41, 5.74) is 2.25. The van der Waals surface area contributed by atoms with Crippen molar-refractivity contribution in [1.29, 1.82) is 0 Å². The van der Waals surface area contributed by atoms with Gasteiger partial charge in [-0.1, -0.05) is 25.1 Å². The Morgan fingerprint density at radius 1 is 1.18 bits per heavy atom. The van der Waals surface area contributed by atoms with Crippen molar-refractivity contribution >= 4 is 63.2 Å². The number of amides is 3. The molecule has 3 rings (SSSR count). The molecule has 7 nitrogen and oxygen atoms in total. The summed E-state index contributed by atoms with van der Waals surface area (Å²) in [5, 5.41) is 2.27. The molecule has 0 saturated carbocycles. The maximum Gasteiger partial charge on any atom is 0.294 e. The molecule has 0 spiro atoms. The van der Waals surface area contributed by atoms with Gasteiger partial charge in [0.05, 0.1) is 21.7 Å². The van der Waals surface area contributed by atoms with Crippen molar-refractivity contribution in [1.82, 2.24) is 4.90 Å². The highest BCUT2D eigenvalue weighted by Gasteiger charge is 2.36. The Kier molecular flexibility index (Phi) is 8.79. The fourth-order valence-electron chi connectivity index (χ4n) is 3.11. The van der Waals surface area contributed by atoms with E-state index in [1.807, 2.05) is 45.0 Å². The van der Waals surface area contributed by atoms with Crippen LogP contribution in [0, 0.1) is 10.5 Å². The van der Waals surface area contributed by atoms with E-state index >= 15 is 0 Å². The van der Waals surface area contributed by atoms with Crippen LogP contribution in [0.2, 0.25) is 0 Å². The van der Waals surface area contributed by atoms with Crippen molar-refractivity contribution in [3.63, 3.8) is 0 Å². The summed E-state index contributed by atoms with van der Waals surface area (Å²) in [6, 6.07) is 11.0. The van der Waals surface area contributed by atoms with Crippen LogP contribution in [0.5, 0.6) is 11.5 Å². The van der Waals surface area contributed by atoms with Gasteiger partial charge in [-0.05, 0) is 90.0 Å². The van der Waals surface area contributed by atoms with Crippen LogP contribution in [0.4, 0.5) is 10.5 Å². The lowest BCUT2D eigenvalue weighted by Crippen LogP contribution is -2.36. The summed E-state index contributed by atoms with van der Waals surface area (Å²) in [5.74, 6) is 0.320. The van der Waals surface area contributed by atoms with Gasteiger partial charge >= 0.3 is 0 Å². The molecule has 1 aliphatic rings. The molecule has 1 fully saturated rings. The van der Waals surface area contributed by atoms with Crippen LogP contribution >= 0.6 is 34.4 Å². The van der Waals surface area contributed by atoms with Crippen molar-refractivity contribution in [3.8, 4) is 11.5 Å².